The molecule has 2 heterocycles. The molecule has 2 aliphatic rings. The molecule has 3 atom stereocenters. The third-order valence-electron chi connectivity index (χ3n) is 6.70. The van der Waals surface area contributed by atoms with Gasteiger partial charge in [0.25, 0.3) is 0 Å². The summed E-state index contributed by atoms with van der Waals surface area (Å²) in [5, 5.41) is 11.6. The topological polar surface area (TPSA) is 51.2 Å². The number of piperidine rings is 1. The Labute approximate surface area is 179 Å². The molecule has 2 fully saturated rings. The van der Waals surface area contributed by atoms with Gasteiger partial charge in [0.05, 0.1) is 26.4 Å². The minimum atomic E-state index is -0.824. The van der Waals surface area contributed by atoms with E-state index in [0.717, 1.165) is 54.9 Å². The summed E-state index contributed by atoms with van der Waals surface area (Å²) < 4.78 is 16.7. The molecule has 162 valence electrons. The van der Waals surface area contributed by atoms with E-state index in [0.29, 0.717) is 25.3 Å². The van der Waals surface area contributed by atoms with Gasteiger partial charge in [-0.05, 0) is 56.4 Å². The van der Waals surface area contributed by atoms with Crippen LogP contribution in [0.1, 0.15) is 49.3 Å². The molecule has 5 heteroatoms. The van der Waals surface area contributed by atoms with Crippen molar-refractivity contribution >= 4 is 0 Å². The highest BCUT2D eigenvalue weighted by molar-refractivity contribution is 5.40. The van der Waals surface area contributed by atoms with E-state index < -0.39 is 5.60 Å². The van der Waals surface area contributed by atoms with E-state index in [2.05, 4.69) is 17.0 Å². The van der Waals surface area contributed by atoms with Crippen molar-refractivity contribution in [2.45, 2.75) is 63.4 Å². The lowest BCUT2D eigenvalue weighted by atomic mass is 9.80. The van der Waals surface area contributed by atoms with Gasteiger partial charge in [0, 0.05) is 36.4 Å². The maximum absolute atomic E-state index is 11.6. The number of fused-ring (bicyclic) bond motifs is 2. The summed E-state index contributed by atoms with van der Waals surface area (Å²) in [7, 11) is 3.38. The molecule has 2 aromatic carbocycles. The Morgan fingerprint density at radius 1 is 1.00 bits per heavy atom. The predicted molar refractivity (Wildman–Crippen MR) is 117 cm³/mol. The van der Waals surface area contributed by atoms with Crippen LogP contribution in [0.15, 0.2) is 42.5 Å². The van der Waals surface area contributed by atoms with Crippen molar-refractivity contribution in [1.82, 2.24) is 4.90 Å². The van der Waals surface area contributed by atoms with Gasteiger partial charge >= 0.3 is 0 Å². The lowest BCUT2D eigenvalue weighted by Gasteiger charge is -2.44. The number of methoxy groups -OCH3 is 2. The second-order valence-electron chi connectivity index (χ2n) is 8.48. The number of aliphatic hydroxyl groups is 1. The van der Waals surface area contributed by atoms with Crippen LogP contribution in [-0.4, -0.2) is 42.9 Å². The van der Waals surface area contributed by atoms with Gasteiger partial charge in [0.2, 0.25) is 0 Å². The molecule has 0 saturated carbocycles. The van der Waals surface area contributed by atoms with Crippen LogP contribution in [-0.2, 0) is 23.5 Å². The fourth-order valence-electron chi connectivity index (χ4n) is 5.29. The molecule has 2 aromatic rings. The first-order chi connectivity index (χ1) is 14.6. The standard InChI is InChI=1S/C25H33NO4/c1-4-30-17-19-13-18(9-12-23(19)28-2)16-26-20-10-11-21(26)15-25(27,14-20)22-7-5-6-8-24(22)29-3/h5-9,12-13,20-21,27H,4,10-11,14-17H2,1-3H3/t20-,21+,25?. The largest absolute Gasteiger partial charge is 0.496 e. The SMILES string of the molecule is CCOCc1cc(CN2[C@@H]3CC[C@H]2CC(O)(c2ccccc2OC)C3)ccc1OC. The Morgan fingerprint density at radius 2 is 1.70 bits per heavy atom. The number of hydrogen-bond donors (Lipinski definition) is 1. The molecule has 30 heavy (non-hydrogen) atoms. The Bertz CT molecular complexity index is 854. The number of rotatable bonds is 8. The van der Waals surface area contributed by atoms with E-state index >= 15 is 0 Å². The van der Waals surface area contributed by atoms with E-state index in [-0.39, 0.29) is 0 Å². The van der Waals surface area contributed by atoms with E-state index in [9.17, 15) is 5.11 Å². The Balaban J connectivity index is 1.52. The summed E-state index contributed by atoms with van der Waals surface area (Å²) >= 11 is 0. The van der Waals surface area contributed by atoms with Gasteiger partial charge in [-0.2, -0.15) is 0 Å². The normalized spacial score (nSPS) is 26.0. The molecule has 0 radical (unpaired) electrons. The molecule has 0 aliphatic carbocycles. The molecular formula is C25H33NO4. The van der Waals surface area contributed by atoms with Crippen LogP contribution in [0.3, 0.4) is 0 Å². The van der Waals surface area contributed by atoms with E-state index in [1.807, 2.05) is 37.3 Å². The molecular weight excluding hydrogens is 378 g/mol. The Kier molecular flexibility index (Phi) is 6.32. The average molecular weight is 412 g/mol. The van der Waals surface area contributed by atoms with Gasteiger partial charge in [-0.1, -0.05) is 24.3 Å². The zero-order chi connectivity index (χ0) is 21.1. The third kappa shape index (κ3) is 4.07. The van der Waals surface area contributed by atoms with Crippen molar-refractivity contribution in [2.24, 2.45) is 0 Å². The first kappa shape index (κ1) is 21.2. The van der Waals surface area contributed by atoms with Crippen LogP contribution >= 0.6 is 0 Å². The molecule has 0 amide bonds. The monoisotopic (exact) mass is 411 g/mol. The van der Waals surface area contributed by atoms with Gasteiger partial charge in [-0.15, -0.1) is 0 Å². The molecule has 1 N–H and O–H groups in total. The highest BCUT2D eigenvalue weighted by Gasteiger charge is 2.49. The fourth-order valence-corrected chi connectivity index (χ4v) is 5.29. The van der Waals surface area contributed by atoms with Crippen LogP contribution in [0.2, 0.25) is 0 Å². The second kappa shape index (κ2) is 8.96. The zero-order valence-electron chi connectivity index (χ0n) is 18.3. The van der Waals surface area contributed by atoms with Gasteiger partial charge in [-0.3, -0.25) is 4.90 Å². The second-order valence-corrected chi connectivity index (χ2v) is 8.48. The van der Waals surface area contributed by atoms with Crippen molar-refractivity contribution in [2.75, 3.05) is 20.8 Å². The van der Waals surface area contributed by atoms with Crippen LogP contribution < -0.4 is 9.47 Å². The van der Waals surface area contributed by atoms with Crippen molar-refractivity contribution in [3.8, 4) is 11.5 Å². The summed E-state index contributed by atoms with van der Waals surface area (Å²) in [6, 6.07) is 15.0. The smallest absolute Gasteiger partial charge is 0.124 e. The highest BCUT2D eigenvalue weighted by Crippen LogP contribution is 2.48. The number of benzene rings is 2. The summed E-state index contributed by atoms with van der Waals surface area (Å²) in [5.74, 6) is 1.66. The number of para-hydroxylation sites is 1. The Morgan fingerprint density at radius 3 is 2.37 bits per heavy atom. The molecule has 2 aliphatic heterocycles. The number of nitrogens with zero attached hydrogens (tertiary/aromatic N) is 1. The van der Waals surface area contributed by atoms with E-state index in [1.165, 1.54) is 5.56 Å². The molecule has 0 aromatic heterocycles. The molecule has 5 nitrogen and oxygen atoms in total. The Hall–Kier alpha value is -2.08. The van der Waals surface area contributed by atoms with Crippen molar-refractivity contribution in [3.05, 3.63) is 59.2 Å². The van der Waals surface area contributed by atoms with Crippen LogP contribution in [0.4, 0.5) is 0 Å². The van der Waals surface area contributed by atoms with Crippen molar-refractivity contribution < 1.29 is 19.3 Å². The fraction of sp³-hybridized carbons (Fsp3) is 0.520. The maximum atomic E-state index is 11.6. The van der Waals surface area contributed by atoms with Crippen LogP contribution in [0, 0.1) is 0 Å². The van der Waals surface area contributed by atoms with Crippen molar-refractivity contribution in [1.29, 1.82) is 0 Å². The van der Waals surface area contributed by atoms with Gasteiger partial charge < -0.3 is 19.3 Å². The summed E-state index contributed by atoms with van der Waals surface area (Å²) in [5.41, 5.74) is 2.46. The third-order valence-corrected chi connectivity index (χ3v) is 6.70. The molecule has 2 bridgehead atoms. The average Bonchev–Trinajstić information content (AvgIpc) is 3.01. The lowest BCUT2D eigenvalue weighted by Crippen LogP contribution is -2.49. The minimum absolute atomic E-state index is 0.371. The molecule has 1 unspecified atom stereocenters. The van der Waals surface area contributed by atoms with Gasteiger partial charge in [0.1, 0.15) is 11.5 Å². The summed E-state index contributed by atoms with van der Waals surface area (Å²) in [6.07, 6.45) is 3.74. The van der Waals surface area contributed by atoms with Crippen LogP contribution in [0.5, 0.6) is 11.5 Å². The van der Waals surface area contributed by atoms with E-state index in [1.54, 1.807) is 14.2 Å². The van der Waals surface area contributed by atoms with Gasteiger partial charge in [-0.25, -0.2) is 0 Å². The number of hydrogen-bond acceptors (Lipinski definition) is 5. The molecule has 0 spiro atoms. The van der Waals surface area contributed by atoms with Gasteiger partial charge in [0.15, 0.2) is 0 Å². The zero-order valence-corrected chi connectivity index (χ0v) is 18.3. The molecule has 4 rings (SSSR count). The lowest BCUT2D eigenvalue weighted by molar-refractivity contribution is -0.0606. The van der Waals surface area contributed by atoms with E-state index in [4.69, 9.17) is 14.2 Å². The van der Waals surface area contributed by atoms with Crippen LogP contribution in [0.25, 0.3) is 0 Å². The summed E-state index contributed by atoms with van der Waals surface area (Å²) in [4.78, 5) is 2.58. The predicted octanol–water partition coefficient (Wildman–Crippen LogP) is 4.25. The van der Waals surface area contributed by atoms with Crippen molar-refractivity contribution in [3.63, 3.8) is 0 Å². The minimum Gasteiger partial charge on any atom is -0.496 e. The maximum Gasteiger partial charge on any atom is 0.124 e. The summed E-state index contributed by atoms with van der Waals surface area (Å²) in [6.45, 7) is 4.14. The molecule has 2 saturated heterocycles. The quantitative estimate of drug-likeness (QED) is 0.704. The number of ether oxygens (including phenoxy) is 3. The first-order valence-electron chi connectivity index (χ1n) is 10.9. The highest BCUT2D eigenvalue weighted by atomic mass is 16.5. The first-order valence-corrected chi connectivity index (χ1v) is 10.9.